The summed E-state index contributed by atoms with van der Waals surface area (Å²) in [7, 11) is -9.50. The topological polar surface area (TPSA) is 115 Å². The number of benzene rings is 2. The molecule has 0 radical (unpaired) electrons. The fourth-order valence-corrected chi connectivity index (χ4v) is 3.80. The van der Waals surface area contributed by atoms with Gasteiger partial charge >= 0.3 is 15.2 Å². The van der Waals surface area contributed by atoms with E-state index in [0.29, 0.717) is 10.8 Å². The quantitative estimate of drug-likeness (QED) is 0.596. The molecule has 0 saturated carbocycles. The van der Waals surface area contributed by atoms with E-state index in [1.54, 1.807) is 24.3 Å². The number of fused-ring (bicyclic) bond motifs is 1. The Morgan fingerprint density at radius 2 is 1.06 bits per heavy atom. The van der Waals surface area contributed by atoms with Crippen LogP contribution >= 0.6 is 15.2 Å². The lowest BCUT2D eigenvalue weighted by molar-refractivity contribution is 0.381. The van der Waals surface area contributed by atoms with Crippen molar-refractivity contribution in [2.24, 2.45) is 0 Å². The van der Waals surface area contributed by atoms with Gasteiger partial charge in [0.2, 0.25) is 0 Å². The molecule has 2 rings (SSSR count). The molecular formula is C10H10O6P2. The first-order chi connectivity index (χ1) is 8.19. The largest absolute Gasteiger partial charge is 0.357 e. The summed E-state index contributed by atoms with van der Waals surface area (Å²) < 4.78 is 22.6. The van der Waals surface area contributed by atoms with Crippen molar-refractivity contribution in [2.45, 2.75) is 0 Å². The molecule has 0 spiro atoms. The van der Waals surface area contributed by atoms with Crippen LogP contribution in [0.1, 0.15) is 0 Å². The monoisotopic (exact) mass is 288 g/mol. The van der Waals surface area contributed by atoms with E-state index >= 15 is 0 Å². The molecule has 0 aliphatic heterocycles. The van der Waals surface area contributed by atoms with Crippen molar-refractivity contribution in [1.82, 2.24) is 0 Å². The standard InChI is InChI=1S/C10H10O6P2/c11-17(12,13)9-5-7-3-1-2-4-8(7)6-10(9)18(14,15)16/h1-6H,(H2,11,12,13)(H2,14,15,16). The average molecular weight is 288 g/mol. The van der Waals surface area contributed by atoms with Crippen LogP contribution in [-0.2, 0) is 9.13 Å². The smallest absolute Gasteiger partial charge is 0.321 e. The van der Waals surface area contributed by atoms with Crippen molar-refractivity contribution < 1.29 is 28.7 Å². The Balaban J connectivity index is 2.90. The van der Waals surface area contributed by atoms with Crippen molar-refractivity contribution in [3.63, 3.8) is 0 Å². The minimum absolute atomic E-state index is 0.507. The van der Waals surface area contributed by atoms with E-state index < -0.39 is 25.8 Å². The van der Waals surface area contributed by atoms with E-state index in [1.807, 2.05) is 0 Å². The zero-order chi connectivity index (χ0) is 13.6. The molecule has 18 heavy (non-hydrogen) atoms. The van der Waals surface area contributed by atoms with Crippen LogP contribution in [-0.4, -0.2) is 19.6 Å². The first kappa shape index (κ1) is 13.4. The second-order valence-corrected chi connectivity index (χ2v) is 6.92. The highest BCUT2D eigenvalue weighted by molar-refractivity contribution is 7.67. The van der Waals surface area contributed by atoms with Crippen molar-refractivity contribution in [2.75, 3.05) is 0 Å². The Hall–Kier alpha value is -1.00. The molecular weight excluding hydrogens is 278 g/mol. The highest BCUT2D eigenvalue weighted by Crippen LogP contribution is 2.41. The van der Waals surface area contributed by atoms with Gasteiger partial charge in [-0.3, -0.25) is 9.13 Å². The summed E-state index contributed by atoms with van der Waals surface area (Å²) in [5, 5.41) is -0.245. The molecule has 2 aromatic carbocycles. The predicted octanol–water partition coefficient (Wildman–Crippen LogP) is 0.446. The molecule has 0 unspecified atom stereocenters. The molecule has 0 saturated heterocycles. The molecule has 96 valence electrons. The molecule has 0 fully saturated rings. The van der Waals surface area contributed by atoms with Gasteiger partial charge in [0.25, 0.3) is 0 Å². The van der Waals surface area contributed by atoms with Gasteiger partial charge in [-0.2, -0.15) is 0 Å². The van der Waals surface area contributed by atoms with E-state index in [2.05, 4.69) is 0 Å². The van der Waals surface area contributed by atoms with Gasteiger partial charge < -0.3 is 19.6 Å². The molecule has 0 atom stereocenters. The second-order valence-electron chi connectivity index (χ2n) is 3.78. The molecule has 0 bridgehead atoms. The Labute approximate surface area is 102 Å². The van der Waals surface area contributed by atoms with Crippen LogP contribution < -0.4 is 10.6 Å². The molecule has 0 amide bonds. The minimum atomic E-state index is -4.75. The zero-order valence-electron chi connectivity index (χ0n) is 8.96. The summed E-state index contributed by atoms with van der Waals surface area (Å²) in [5.41, 5.74) is 0. The number of hydrogen-bond acceptors (Lipinski definition) is 2. The average Bonchev–Trinajstić information content (AvgIpc) is 2.25. The summed E-state index contributed by atoms with van der Waals surface area (Å²) in [6.07, 6.45) is 0. The maximum atomic E-state index is 11.3. The van der Waals surface area contributed by atoms with Gasteiger partial charge in [0.15, 0.2) is 0 Å². The van der Waals surface area contributed by atoms with Gasteiger partial charge in [-0.25, -0.2) is 0 Å². The third-order valence-electron chi connectivity index (χ3n) is 2.47. The fraction of sp³-hybridized carbons (Fsp3) is 0. The minimum Gasteiger partial charge on any atom is -0.321 e. The first-order valence-corrected chi connectivity index (χ1v) is 8.07. The molecule has 8 heteroatoms. The third-order valence-corrected chi connectivity index (χ3v) is 4.64. The molecule has 2 aromatic rings. The summed E-state index contributed by atoms with van der Waals surface area (Å²) in [4.78, 5) is 36.6. The van der Waals surface area contributed by atoms with Crippen molar-refractivity contribution in [3.05, 3.63) is 36.4 Å². The second kappa shape index (κ2) is 4.28. The Morgan fingerprint density at radius 1 is 0.722 bits per heavy atom. The van der Waals surface area contributed by atoms with Crippen LogP contribution in [0.5, 0.6) is 0 Å². The third kappa shape index (κ3) is 2.54. The maximum absolute atomic E-state index is 11.3. The van der Waals surface area contributed by atoms with Crippen LogP contribution in [0.3, 0.4) is 0 Å². The summed E-state index contributed by atoms with van der Waals surface area (Å²) in [6.45, 7) is 0. The van der Waals surface area contributed by atoms with Crippen molar-refractivity contribution >= 4 is 36.6 Å². The molecule has 0 aliphatic carbocycles. The number of rotatable bonds is 2. The Kier molecular flexibility index (Phi) is 3.19. The lowest BCUT2D eigenvalue weighted by Gasteiger charge is -2.13. The lowest BCUT2D eigenvalue weighted by atomic mass is 10.1. The van der Waals surface area contributed by atoms with Crippen LogP contribution in [0.25, 0.3) is 10.8 Å². The van der Waals surface area contributed by atoms with E-state index in [4.69, 9.17) is 19.6 Å². The zero-order valence-corrected chi connectivity index (χ0v) is 10.8. The van der Waals surface area contributed by atoms with Gasteiger partial charge in [0.05, 0.1) is 10.6 Å². The Morgan fingerprint density at radius 3 is 1.33 bits per heavy atom. The van der Waals surface area contributed by atoms with Gasteiger partial charge in [-0.1, -0.05) is 24.3 Å². The fourth-order valence-electron chi connectivity index (χ4n) is 1.68. The van der Waals surface area contributed by atoms with E-state index in [-0.39, 0.29) is 0 Å². The van der Waals surface area contributed by atoms with E-state index in [9.17, 15) is 9.13 Å². The Bertz CT molecular complexity index is 638. The molecule has 0 heterocycles. The van der Waals surface area contributed by atoms with E-state index in [1.165, 1.54) is 0 Å². The normalized spacial score (nSPS) is 12.9. The summed E-state index contributed by atoms with van der Waals surface area (Å²) >= 11 is 0. The SMILES string of the molecule is O=P(O)(O)c1cc2ccccc2cc1P(=O)(O)O. The van der Waals surface area contributed by atoms with Crippen LogP contribution in [0.4, 0.5) is 0 Å². The van der Waals surface area contributed by atoms with Crippen molar-refractivity contribution in [1.29, 1.82) is 0 Å². The molecule has 4 N–H and O–H groups in total. The number of hydrogen-bond donors (Lipinski definition) is 4. The van der Waals surface area contributed by atoms with E-state index in [0.717, 1.165) is 12.1 Å². The highest BCUT2D eigenvalue weighted by atomic mass is 31.2. The predicted molar refractivity (Wildman–Crippen MR) is 67.3 cm³/mol. The van der Waals surface area contributed by atoms with Gasteiger partial charge in [0.1, 0.15) is 0 Å². The maximum Gasteiger partial charge on any atom is 0.357 e. The first-order valence-electron chi connectivity index (χ1n) is 4.84. The van der Waals surface area contributed by atoms with Crippen LogP contribution in [0.15, 0.2) is 36.4 Å². The van der Waals surface area contributed by atoms with Crippen LogP contribution in [0, 0.1) is 0 Å². The van der Waals surface area contributed by atoms with Crippen molar-refractivity contribution in [3.8, 4) is 0 Å². The molecule has 0 aromatic heterocycles. The highest BCUT2D eigenvalue weighted by Gasteiger charge is 2.31. The lowest BCUT2D eigenvalue weighted by Crippen LogP contribution is -2.25. The molecule has 6 nitrogen and oxygen atoms in total. The van der Waals surface area contributed by atoms with Gasteiger partial charge in [0, 0.05) is 0 Å². The summed E-state index contributed by atoms with van der Waals surface area (Å²) in [6, 6.07) is 8.79. The van der Waals surface area contributed by atoms with Gasteiger partial charge in [-0.15, -0.1) is 0 Å². The summed E-state index contributed by atoms with van der Waals surface area (Å²) in [5.74, 6) is 0. The van der Waals surface area contributed by atoms with Crippen LogP contribution in [0.2, 0.25) is 0 Å². The molecule has 0 aliphatic rings. The van der Waals surface area contributed by atoms with Gasteiger partial charge in [-0.05, 0) is 22.9 Å².